The number of anilines is 1. The Balaban J connectivity index is 2.33. The van der Waals surface area contributed by atoms with E-state index in [-0.39, 0.29) is 16.6 Å². The molecule has 0 saturated heterocycles. The summed E-state index contributed by atoms with van der Waals surface area (Å²) in [6, 6.07) is 3.98. The fourth-order valence-corrected chi connectivity index (χ4v) is 4.65. The Bertz CT molecular complexity index is 772. The average molecular weight is 346 g/mol. The van der Waals surface area contributed by atoms with Gasteiger partial charge in [0.05, 0.1) is 22.4 Å². The first kappa shape index (κ1) is 16.2. The van der Waals surface area contributed by atoms with Gasteiger partial charge >= 0.3 is 0 Å². The molecule has 5 nitrogen and oxygen atoms in total. The summed E-state index contributed by atoms with van der Waals surface area (Å²) in [6.07, 6.45) is 0. The van der Waals surface area contributed by atoms with Crippen LogP contribution in [0.25, 0.3) is 0 Å². The molecule has 0 amide bonds. The number of hydrogen-bond donors (Lipinski definition) is 2. The van der Waals surface area contributed by atoms with Crippen LogP contribution >= 0.6 is 22.9 Å². The number of aryl methyl sites for hydroxylation is 2. The summed E-state index contributed by atoms with van der Waals surface area (Å²) in [4.78, 5) is 5.18. The number of hydrogen-bond acceptors (Lipinski definition) is 5. The molecule has 1 unspecified atom stereocenters. The Morgan fingerprint density at radius 1 is 1.38 bits per heavy atom. The fourth-order valence-electron chi connectivity index (χ4n) is 2.04. The van der Waals surface area contributed by atoms with Gasteiger partial charge in [0.15, 0.2) is 0 Å². The van der Waals surface area contributed by atoms with Gasteiger partial charge < -0.3 is 5.73 Å². The molecule has 1 aromatic carbocycles. The fraction of sp³-hybridized carbons (Fsp3) is 0.308. The molecule has 3 N–H and O–H groups in total. The van der Waals surface area contributed by atoms with Gasteiger partial charge in [0, 0.05) is 9.90 Å². The van der Waals surface area contributed by atoms with E-state index in [1.807, 2.05) is 13.8 Å². The minimum Gasteiger partial charge on any atom is -0.398 e. The molecule has 8 heteroatoms. The highest BCUT2D eigenvalue weighted by atomic mass is 35.5. The minimum atomic E-state index is -3.75. The first-order valence-electron chi connectivity index (χ1n) is 6.22. The first-order chi connectivity index (χ1) is 9.70. The second-order valence-electron chi connectivity index (χ2n) is 4.71. The Morgan fingerprint density at radius 2 is 2.05 bits per heavy atom. The van der Waals surface area contributed by atoms with E-state index in [2.05, 4.69) is 9.71 Å². The van der Waals surface area contributed by atoms with Crippen LogP contribution in [0.5, 0.6) is 0 Å². The summed E-state index contributed by atoms with van der Waals surface area (Å²) in [5.41, 5.74) is 6.73. The van der Waals surface area contributed by atoms with Gasteiger partial charge in [-0.1, -0.05) is 11.6 Å². The zero-order valence-electron chi connectivity index (χ0n) is 11.8. The van der Waals surface area contributed by atoms with Crippen LogP contribution in [0.2, 0.25) is 5.02 Å². The van der Waals surface area contributed by atoms with Crippen LogP contribution in [0.1, 0.15) is 28.5 Å². The van der Waals surface area contributed by atoms with Gasteiger partial charge in [0.1, 0.15) is 4.90 Å². The molecule has 0 saturated carbocycles. The van der Waals surface area contributed by atoms with E-state index in [1.165, 1.54) is 23.5 Å². The molecular weight excluding hydrogens is 330 g/mol. The number of nitrogens with two attached hydrogens (primary N) is 1. The molecule has 2 rings (SSSR count). The quantitative estimate of drug-likeness (QED) is 0.834. The maximum Gasteiger partial charge on any atom is 0.243 e. The smallest absolute Gasteiger partial charge is 0.243 e. The van der Waals surface area contributed by atoms with Crippen LogP contribution < -0.4 is 10.5 Å². The molecule has 21 heavy (non-hydrogen) atoms. The lowest BCUT2D eigenvalue weighted by molar-refractivity contribution is 0.568. The van der Waals surface area contributed by atoms with Crippen molar-refractivity contribution >= 4 is 38.6 Å². The maximum absolute atomic E-state index is 12.4. The Hall–Kier alpha value is -1.15. The van der Waals surface area contributed by atoms with Gasteiger partial charge in [0.2, 0.25) is 10.0 Å². The highest BCUT2D eigenvalue weighted by Crippen LogP contribution is 2.28. The predicted octanol–water partition coefficient (Wildman–Crippen LogP) is 3.04. The van der Waals surface area contributed by atoms with E-state index in [0.717, 1.165) is 15.6 Å². The van der Waals surface area contributed by atoms with Crippen LogP contribution in [0.4, 0.5) is 5.69 Å². The van der Waals surface area contributed by atoms with Gasteiger partial charge in [-0.3, -0.25) is 0 Å². The number of nitrogens with one attached hydrogen (secondary N) is 1. The monoisotopic (exact) mass is 345 g/mol. The SMILES string of the molecule is Cc1nc(C)c(C(C)NS(=O)(=O)c2cc(Cl)ccc2N)s1. The van der Waals surface area contributed by atoms with Crippen molar-refractivity contribution in [2.75, 3.05) is 5.73 Å². The normalized spacial score (nSPS) is 13.3. The zero-order valence-corrected chi connectivity index (χ0v) is 14.2. The van der Waals surface area contributed by atoms with Crippen LogP contribution in [-0.4, -0.2) is 13.4 Å². The summed E-state index contributed by atoms with van der Waals surface area (Å²) in [5.74, 6) is 0. The number of halogens is 1. The molecule has 0 fully saturated rings. The van der Waals surface area contributed by atoms with Crippen LogP contribution in [0.3, 0.4) is 0 Å². The highest BCUT2D eigenvalue weighted by Gasteiger charge is 2.23. The molecule has 0 aliphatic carbocycles. The van der Waals surface area contributed by atoms with Crippen molar-refractivity contribution < 1.29 is 8.42 Å². The van der Waals surface area contributed by atoms with E-state index >= 15 is 0 Å². The van der Waals surface area contributed by atoms with Crippen molar-refractivity contribution in [3.63, 3.8) is 0 Å². The van der Waals surface area contributed by atoms with Crippen molar-refractivity contribution in [2.24, 2.45) is 0 Å². The molecule has 0 bridgehead atoms. The number of thiazole rings is 1. The topological polar surface area (TPSA) is 85.1 Å². The third-order valence-electron chi connectivity index (χ3n) is 2.93. The van der Waals surface area contributed by atoms with Crippen molar-refractivity contribution in [3.8, 4) is 0 Å². The van der Waals surface area contributed by atoms with Crippen LogP contribution in [0.15, 0.2) is 23.1 Å². The lowest BCUT2D eigenvalue weighted by atomic mass is 10.2. The van der Waals surface area contributed by atoms with Crippen molar-refractivity contribution in [2.45, 2.75) is 31.7 Å². The second-order valence-corrected chi connectivity index (χ2v) is 8.06. The molecule has 1 heterocycles. The number of nitrogens with zero attached hydrogens (tertiary/aromatic N) is 1. The van der Waals surface area contributed by atoms with Gasteiger partial charge in [-0.25, -0.2) is 18.1 Å². The molecule has 0 aliphatic rings. The van der Waals surface area contributed by atoms with Crippen LogP contribution in [-0.2, 0) is 10.0 Å². The van der Waals surface area contributed by atoms with Crippen molar-refractivity contribution in [1.29, 1.82) is 0 Å². The van der Waals surface area contributed by atoms with Gasteiger partial charge in [-0.05, 0) is 39.0 Å². The van der Waals surface area contributed by atoms with Crippen molar-refractivity contribution in [3.05, 3.63) is 38.8 Å². The standard InChI is InChI=1S/C13H16ClN3O2S2/c1-7-13(20-9(3)16-7)8(2)17-21(18,19)12-6-10(14)4-5-11(12)15/h4-6,8,17H,15H2,1-3H3. The molecule has 1 atom stereocenters. The van der Waals surface area contributed by atoms with E-state index in [9.17, 15) is 8.42 Å². The van der Waals surface area contributed by atoms with Crippen molar-refractivity contribution in [1.82, 2.24) is 9.71 Å². The summed E-state index contributed by atoms with van der Waals surface area (Å²) >= 11 is 7.32. The molecule has 0 radical (unpaired) electrons. The predicted molar refractivity (Wildman–Crippen MR) is 86.2 cm³/mol. The Morgan fingerprint density at radius 3 is 2.62 bits per heavy atom. The Kier molecular flexibility index (Phi) is 4.57. The summed E-state index contributed by atoms with van der Waals surface area (Å²) in [7, 11) is -3.75. The van der Waals surface area contributed by atoms with Gasteiger partial charge in [-0.15, -0.1) is 11.3 Å². The number of rotatable bonds is 4. The largest absolute Gasteiger partial charge is 0.398 e. The molecule has 0 aliphatic heterocycles. The summed E-state index contributed by atoms with van der Waals surface area (Å²) in [5, 5.41) is 1.22. The third kappa shape index (κ3) is 3.55. The average Bonchev–Trinajstić information content (AvgIpc) is 2.71. The third-order valence-corrected chi connectivity index (χ3v) is 6.02. The maximum atomic E-state index is 12.4. The molecule has 2 aromatic rings. The summed E-state index contributed by atoms with van der Waals surface area (Å²) in [6.45, 7) is 5.52. The Labute approximate surface area is 133 Å². The number of aromatic nitrogens is 1. The number of nitrogen functional groups attached to an aromatic ring is 1. The molecule has 1 aromatic heterocycles. The van der Waals surface area contributed by atoms with Gasteiger partial charge in [-0.2, -0.15) is 0 Å². The van der Waals surface area contributed by atoms with E-state index < -0.39 is 10.0 Å². The number of benzene rings is 1. The minimum absolute atomic E-state index is 0.0132. The van der Waals surface area contributed by atoms with E-state index in [0.29, 0.717) is 5.02 Å². The molecule has 114 valence electrons. The summed E-state index contributed by atoms with van der Waals surface area (Å²) < 4.78 is 27.5. The first-order valence-corrected chi connectivity index (χ1v) is 8.90. The van der Waals surface area contributed by atoms with Crippen LogP contribution in [0, 0.1) is 13.8 Å². The highest BCUT2D eigenvalue weighted by molar-refractivity contribution is 7.89. The molecule has 0 spiro atoms. The lowest BCUT2D eigenvalue weighted by Crippen LogP contribution is -2.27. The van der Waals surface area contributed by atoms with E-state index in [1.54, 1.807) is 13.0 Å². The molecular formula is C13H16ClN3O2S2. The second kappa shape index (κ2) is 5.92. The lowest BCUT2D eigenvalue weighted by Gasteiger charge is -2.14. The van der Waals surface area contributed by atoms with Gasteiger partial charge in [0.25, 0.3) is 0 Å². The van der Waals surface area contributed by atoms with E-state index in [4.69, 9.17) is 17.3 Å². The number of sulfonamides is 1. The zero-order chi connectivity index (χ0) is 15.8.